The summed E-state index contributed by atoms with van der Waals surface area (Å²) < 4.78 is 40.5. The van der Waals surface area contributed by atoms with Crippen LogP contribution in [0, 0.1) is 50.2 Å². The molecule has 0 unspecified atom stereocenters. The van der Waals surface area contributed by atoms with Gasteiger partial charge in [0.25, 0.3) is 0 Å². The highest BCUT2D eigenvalue weighted by molar-refractivity contribution is 5.81. The summed E-state index contributed by atoms with van der Waals surface area (Å²) in [6, 6.07) is 0. The maximum absolute atomic E-state index is 14.8. The van der Waals surface area contributed by atoms with E-state index >= 15 is 0 Å². The van der Waals surface area contributed by atoms with Crippen LogP contribution in [0.3, 0.4) is 0 Å². The number of fused-ring (bicyclic) bond motifs is 7. The van der Waals surface area contributed by atoms with Crippen molar-refractivity contribution in [2.45, 2.75) is 191 Å². The Kier molecular flexibility index (Phi) is 14.5. The van der Waals surface area contributed by atoms with Crippen LogP contribution in [0.5, 0.6) is 0 Å². The Hall–Kier alpha value is -1.96. The predicted octanol–water partition coefficient (Wildman–Crippen LogP) is -1.09. The summed E-state index contributed by atoms with van der Waals surface area (Å²) in [5.74, 6) is -1.43. The lowest BCUT2D eigenvalue weighted by Gasteiger charge is -2.71. The largest absolute Gasteiger partial charge is 0.469 e. The lowest BCUT2D eigenvalue weighted by atomic mass is 9.33. The van der Waals surface area contributed by atoms with Crippen LogP contribution >= 0.6 is 0 Å². The van der Waals surface area contributed by atoms with Gasteiger partial charge in [0.05, 0.1) is 50.5 Å². The van der Waals surface area contributed by atoms with Gasteiger partial charge in [0.15, 0.2) is 12.6 Å². The minimum atomic E-state index is -1.77. The van der Waals surface area contributed by atoms with Crippen molar-refractivity contribution in [3.63, 3.8) is 0 Å². The molecule has 0 aromatic heterocycles. The van der Waals surface area contributed by atoms with Gasteiger partial charge in [0.1, 0.15) is 67.1 Å². The molecule has 0 aromatic carbocycles. The number of hydrogen-bond donors (Lipinski definition) is 11. The molecular weight excluding hydrogens is 897 g/mol. The van der Waals surface area contributed by atoms with E-state index in [0.717, 1.165) is 12.0 Å². The first-order valence-electron chi connectivity index (χ1n) is 24.5. The van der Waals surface area contributed by atoms with Crippen molar-refractivity contribution in [3.8, 4) is 0 Å². The molecule has 0 aromatic rings. The van der Waals surface area contributed by atoms with E-state index in [2.05, 4.69) is 26.8 Å². The average molecular weight is 973 g/mol. The van der Waals surface area contributed by atoms with E-state index in [9.17, 15) is 65.8 Å². The molecule has 3 aliphatic heterocycles. The molecule has 3 saturated heterocycles. The summed E-state index contributed by atoms with van der Waals surface area (Å²) in [4.78, 5) is 28.3. The van der Waals surface area contributed by atoms with Gasteiger partial charge in [-0.1, -0.05) is 39.3 Å². The monoisotopic (exact) mass is 972 g/mol. The second-order valence-corrected chi connectivity index (χ2v) is 22.7. The average Bonchev–Trinajstić information content (AvgIpc) is 3.32. The summed E-state index contributed by atoms with van der Waals surface area (Å²) in [6.45, 7) is 8.87. The molecule has 7 fully saturated rings. The number of ether oxygens (including phenoxy) is 7. The van der Waals surface area contributed by atoms with Crippen LogP contribution in [0.2, 0.25) is 0 Å². The SMILES string of the molecule is COC(=O)[C@@]1(C)CC[C@]2(C(=O)O[C@H]3O[C@H](CO)[C@H](O)[C@@H](O)[C@@H]3O)CC[C@]3(C)C(=CC[C@@H]4[C@@]5(C)CC[C@H](O[C@H]6OC[C@H](O[C@H]7O[C@@H](CO)[C@@H](O)[C@@H](O)[C@H]7O)[C@H](O)[C@@H]6O)[C@](C)(CO)[C@H]5CC[C@]43C)[C@@H]2C1. The van der Waals surface area contributed by atoms with Gasteiger partial charge in [-0.3, -0.25) is 9.59 Å². The second kappa shape index (κ2) is 18.8. The number of hydrogen-bond acceptors (Lipinski definition) is 20. The van der Waals surface area contributed by atoms with Crippen LogP contribution in [0.15, 0.2) is 11.6 Å². The summed E-state index contributed by atoms with van der Waals surface area (Å²) in [5.41, 5.74) is -2.89. The quantitative estimate of drug-likeness (QED) is 0.0704. The molecule has 20 heteroatoms. The highest BCUT2D eigenvalue weighted by Crippen LogP contribution is 2.76. The first-order chi connectivity index (χ1) is 31.9. The molecule has 0 bridgehead atoms. The van der Waals surface area contributed by atoms with Gasteiger partial charge in [-0.05, 0) is 105 Å². The first kappa shape index (κ1) is 52.4. The first-order valence-corrected chi connectivity index (χ1v) is 24.5. The number of allylic oxidation sites excluding steroid dienone is 2. The third-order valence-electron chi connectivity index (χ3n) is 19.5. The summed E-state index contributed by atoms with van der Waals surface area (Å²) in [6.07, 6.45) is -14.8. The molecule has 0 amide bonds. The Labute approximate surface area is 396 Å². The Morgan fingerprint density at radius 2 is 1.26 bits per heavy atom. The van der Waals surface area contributed by atoms with E-state index in [1.165, 1.54) is 7.11 Å². The van der Waals surface area contributed by atoms with Crippen LogP contribution in [0.25, 0.3) is 0 Å². The predicted molar refractivity (Wildman–Crippen MR) is 232 cm³/mol. The minimum Gasteiger partial charge on any atom is -0.469 e. The van der Waals surface area contributed by atoms with Crippen LogP contribution in [-0.4, -0.2) is 194 Å². The van der Waals surface area contributed by atoms with Crippen LogP contribution in [0.4, 0.5) is 0 Å². The van der Waals surface area contributed by atoms with E-state index < -0.39 is 139 Å². The van der Waals surface area contributed by atoms with Gasteiger partial charge in [0.2, 0.25) is 6.29 Å². The van der Waals surface area contributed by atoms with E-state index in [0.29, 0.717) is 51.4 Å². The lowest BCUT2D eigenvalue weighted by molar-refractivity contribution is -0.352. The number of esters is 2. The number of rotatable bonds is 10. The molecule has 4 saturated carbocycles. The van der Waals surface area contributed by atoms with Crippen molar-refractivity contribution >= 4 is 11.9 Å². The molecule has 68 heavy (non-hydrogen) atoms. The normalized spacial score (nSPS) is 53.7. The topological polar surface area (TPSA) is 321 Å². The number of aliphatic hydroxyl groups is 11. The number of aliphatic hydroxyl groups excluding tert-OH is 11. The van der Waals surface area contributed by atoms with Gasteiger partial charge < -0.3 is 89.3 Å². The molecule has 388 valence electrons. The highest BCUT2D eigenvalue weighted by atomic mass is 16.7. The summed E-state index contributed by atoms with van der Waals surface area (Å²) >= 11 is 0. The maximum Gasteiger partial charge on any atom is 0.315 e. The Bertz CT molecular complexity index is 1880. The fourth-order valence-electron chi connectivity index (χ4n) is 15.0. The zero-order valence-corrected chi connectivity index (χ0v) is 40.0. The molecular formula is C48H76O20. The van der Waals surface area contributed by atoms with Crippen molar-refractivity contribution in [2.75, 3.05) is 33.5 Å². The fourth-order valence-corrected chi connectivity index (χ4v) is 15.0. The Morgan fingerprint density at radius 3 is 1.88 bits per heavy atom. The number of methoxy groups -OCH3 is 1. The smallest absolute Gasteiger partial charge is 0.315 e. The van der Waals surface area contributed by atoms with Gasteiger partial charge in [-0.25, -0.2) is 0 Å². The van der Waals surface area contributed by atoms with E-state index in [1.54, 1.807) is 0 Å². The standard InChI is InChI=1S/C48H76O20/c1-43(41(60)62-6)13-15-48(42(61)68-40-37(59)34(56)31(53)25(19-50)65-40)16-14-46(4)22(23(48)17-43)7-8-28-44(2)11-10-29(45(3,21-51)27(44)9-12-47(28,46)5)67-38-35(57)32(54)26(20-63-38)66-39-36(58)33(55)30(52)24(18-49)64-39/h7,23-40,49-59H,8-21H2,1-6H3/t23-,24-,25+,26-,27-,28+,29-,30+,31-,32-,33+,34+,35-,36+,37-,38+,39+,40+,43-,44-,45+,46+,47+,48-/m0/s1. The number of carbonyl (C=O) groups excluding carboxylic acids is 2. The molecule has 11 N–H and O–H groups in total. The maximum atomic E-state index is 14.8. The molecule has 3 heterocycles. The van der Waals surface area contributed by atoms with Crippen molar-refractivity contribution in [1.29, 1.82) is 0 Å². The lowest BCUT2D eigenvalue weighted by Crippen LogP contribution is -2.67. The Morgan fingerprint density at radius 1 is 0.662 bits per heavy atom. The minimum absolute atomic E-state index is 0.0585. The summed E-state index contributed by atoms with van der Waals surface area (Å²) in [5, 5.41) is 116. The molecule has 24 atom stereocenters. The van der Waals surface area contributed by atoms with E-state index in [4.69, 9.17) is 33.2 Å². The van der Waals surface area contributed by atoms with Gasteiger partial charge in [0, 0.05) is 5.41 Å². The molecule has 8 aliphatic rings. The van der Waals surface area contributed by atoms with E-state index in [1.807, 2.05) is 13.8 Å². The van der Waals surface area contributed by atoms with Crippen molar-refractivity contribution in [2.24, 2.45) is 50.2 Å². The fraction of sp³-hybridized carbons (Fsp3) is 0.917. The highest BCUT2D eigenvalue weighted by Gasteiger charge is 2.71. The van der Waals surface area contributed by atoms with Crippen LogP contribution < -0.4 is 0 Å². The zero-order chi connectivity index (χ0) is 49.7. The van der Waals surface area contributed by atoms with Crippen molar-refractivity contribution in [1.82, 2.24) is 0 Å². The third-order valence-corrected chi connectivity index (χ3v) is 19.5. The van der Waals surface area contributed by atoms with Gasteiger partial charge >= 0.3 is 11.9 Å². The van der Waals surface area contributed by atoms with Gasteiger partial charge in [-0.15, -0.1) is 0 Å². The molecule has 20 nitrogen and oxygen atoms in total. The molecule has 5 aliphatic carbocycles. The van der Waals surface area contributed by atoms with E-state index in [-0.39, 0.29) is 48.3 Å². The zero-order valence-electron chi connectivity index (χ0n) is 40.0. The Balaban J connectivity index is 1.02. The van der Waals surface area contributed by atoms with Crippen LogP contribution in [-0.2, 0) is 42.7 Å². The number of carbonyl (C=O) groups is 2. The molecule has 0 radical (unpaired) electrons. The van der Waals surface area contributed by atoms with Crippen LogP contribution in [0.1, 0.15) is 98.8 Å². The van der Waals surface area contributed by atoms with Gasteiger partial charge in [-0.2, -0.15) is 0 Å². The third kappa shape index (κ3) is 7.94. The van der Waals surface area contributed by atoms with Crippen molar-refractivity contribution in [3.05, 3.63) is 11.6 Å². The summed E-state index contributed by atoms with van der Waals surface area (Å²) in [7, 11) is 1.35. The van der Waals surface area contributed by atoms with Crippen molar-refractivity contribution < 1.29 is 98.9 Å². The molecule has 8 rings (SSSR count). The second-order valence-electron chi connectivity index (χ2n) is 22.7. The molecule has 0 spiro atoms.